The molecule has 20 heavy (non-hydrogen) atoms. The lowest BCUT2D eigenvalue weighted by Crippen LogP contribution is -2.21. The Hall–Kier alpha value is -2.62. The highest BCUT2D eigenvalue weighted by molar-refractivity contribution is 5.68. The summed E-state index contributed by atoms with van der Waals surface area (Å²) in [6.07, 6.45) is 0.768. The van der Waals surface area contributed by atoms with Crippen LogP contribution in [0.1, 0.15) is 18.4 Å². The molecule has 104 valence electrons. The molecule has 1 N–H and O–H groups in total. The zero-order valence-electron chi connectivity index (χ0n) is 10.7. The van der Waals surface area contributed by atoms with E-state index >= 15 is 0 Å². The molecule has 0 aromatic heterocycles. The molecule has 0 amide bonds. The molecular formula is C13H13N3O4. The van der Waals surface area contributed by atoms with Crippen molar-refractivity contribution in [3.8, 4) is 6.07 Å². The number of hydrogen-bond donors (Lipinski definition) is 1. The minimum atomic E-state index is -0.855. The molecule has 1 saturated heterocycles. The van der Waals surface area contributed by atoms with Crippen LogP contribution in [0.2, 0.25) is 0 Å². The summed E-state index contributed by atoms with van der Waals surface area (Å²) in [5.41, 5.74) is 0.573. The fourth-order valence-corrected chi connectivity index (χ4v) is 2.47. The van der Waals surface area contributed by atoms with E-state index in [0.717, 1.165) is 0 Å². The molecule has 1 heterocycles. The maximum Gasteiger partial charge on any atom is 0.303 e. The summed E-state index contributed by atoms with van der Waals surface area (Å²) in [7, 11) is 0. The van der Waals surface area contributed by atoms with Gasteiger partial charge in [0.2, 0.25) is 0 Å². The SMILES string of the molecule is N#Cc1ccc(N2CCC(CC(=O)O)C2)c([N+](=O)[O-])c1. The van der Waals surface area contributed by atoms with E-state index in [4.69, 9.17) is 10.4 Å². The highest BCUT2D eigenvalue weighted by Crippen LogP contribution is 2.33. The van der Waals surface area contributed by atoms with Crippen molar-refractivity contribution in [3.05, 3.63) is 33.9 Å². The van der Waals surface area contributed by atoms with E-state index in [1.54, 1.807) is 6.07 Å². The fraction of sp³-hybridized carbons (Fsp3) is 0.385. The Kier molecular flexibility index (Phi) is 3.84. The smallest absolute Gasteiger partial charge is 0.303 e. The molecule has 0 spiro atoms. The number of benzene rings is 1. The number of nitro benzene ring substituents is 1. The molecule has 0 aliphatic carbocycles. The van der Waals surface area contributed by atoms with Gasteiger partial charge < -0.3 is 10.0 Å². The van der Waals surface area contributed by atoms with Gasteiger partial charge in [-0.05, 0) is 24.5 Å². The van der Waals surface area contributed by atoms with Crippen LogP contribution in [0, 0.1) is 27.4 Å². The van der Waals surface area contributed by atoms with Crippen LogP contribution >= 0.6 is 0 Å². The van der Waals surface area contributed by atoms with Crippen LogP contribution in [-0.4, -0.2) is 29.1 Å². The third-order valence-electron chi connectivity index (χ3n) is 3.39. The predicted octanol–water partition coefficient (Wildman–Crippen LogP) is 1.77. The Labute approximate surface area is 115 Å². The van der Waals surface area contributed by atoms with Crippen LogP contribution < -0.4 is 4.90 Å². The highest BCUT2D eigenvalue weighted by atomic mass is 16.6. The molecule has 7 heteroatoms. The molecule has 1 fully saturated rings. The number of anilines is 1. The summed E-state index contributed by atoms with van der Waals surface area (Å²) in [5, 5.41) is 28.7. The van der Waals surface area contributed by atoms with Gasteiger partial charge in [0.1, 0.15) is 5.69 Å². The second-order valence-electron chi connectivity index (χ2n) is 4.77. The maximum absolute atomic E-state index is 11.1. The highest BCUT2D eigenvalue weighted by Gasteiger charge is 2.28. The molecule has 1 aliphatic heterocycles. The minimum absolute atomic E-state index is 0.00254. The van der Waals surface area contributed by atoms with Gasteiger partial charge in [0.25, 0.3) is 5.69 Å². The summed E-state index contributed by atoms with van der Waals surface area (Å²) >= 11 is 0. The van der Waals surface area contributed by atoms with Crippen molar-refractivity contribution in [1.82, 2.24) is 0 Å². The number of hydrogen-bond acceptors (Lipinski definition) is 5. The van der Waals surface area contributed by atoms with Crippen LogP contribution in [0.3, 0.4) is 0 Å². The summed E-state index contributed by atoms with van der Waals surface area (Å²) in [5.74, 6) is -0.853. The first-order valence-corrected chi connectivity index (χ1v) is 6.16. The average molecular weight is 275 g/mol. The van der Waals surface area contributed by atoms with Crippen LogP contribution in [0.4, 0.5) is 11.4 Å². The molecular weight excluding hydrogens is 262 g/mol. The molecule has 0 radical (unpaired) electrons. The standard InChI is InChI=1S/C13H13N3O4/c14-7-9-1-2-11(12(5-9)16(19)20)15-4-3-10(8-15)6-13(17)18/h1-2,5,10H,3-4,6,8H2,(H,17,18). The van der Waals surface area contributed by atoms with Gasteiger partial charge in [-0.2, -0.15) is 5.26 Å². The zero-order chi connectivity index (χ0) is 14.7. The number of rotatable bonds is 4. The molecule has 0 bridgehead atoms. The number of carboxylic acid groups (broad SMARTS) is 1. The summed E-state index contributed by atoms with van der Waals surface area (Å²) in [6, 6.07) is 6.21. The molecule has 2 rings (SSSR count). The largest absolute Gasteiger partial charge is 0.481 e. The average Bonchev–Trinajstić information content (AvgIpc) is 2.85. The van der Waals surface area contributed by atoms with Crippen molar-refractivity contribution in [2.24, 2.45) is 5.92 Å². The monoisotopic (exact) mass is 275 g/mol. The molecule has 1 unspecified atom stereocenters. The van der Waals surface area contributed by atoms with Crippen LogP contribution in [0.25, 0.3) is 0 Å². The normalized spacial score (nSPS) is 17.8. The van der Waals surface area contributed by atoms with Gasteiger partial charge in [-0.3, -0.25) is 14.9 Å². The number of nitro groups is 1. The van der Waals surface area contributed by atoms with Gasteiger partial charge in [0, 0.05) is 25.6 Å². The molecule has 1 aromatic carbocycles. The van der Waals surface area contributed by atoms with Crippen molar-refractivity contribution in [2.45, 2.75) is 12.8 Å². The van der Waals surface area contributed by atoms with Gasteiger partial charge in [-0.1, -0.05) is 0 Å². The topological polar surface area (TPSA) is 107 Å². The molecule has 7 nitrogen and oxygen atoms in total. The van der Waals surface area contributed by atoms with E-state index in [2.05, 4.69) is 0 Å². The van der Waals surface area contributed by atoms with Crippen molar-refractivity contribution in [3.63, 3.8) is 0 Å². The number of carbonyl (C=O) groups is 1. The van der Waals surface area contributed by atoms with Gasteiger partial charge in [0.15, 0.2) is 0 Å². The van der Waals surface area contributed by atoms with Crippen LogP contribution in [0.15, 0.2) is 18.2 Å². The lowest BCUT2D eigenvalue weighted by molar-refractivity contribution is -0.384. The van der Waals surface area contributed by atoms with E-state index in [0.29, 0.717) is 25.2 Å². The summed E-state index contributed by atoms with van der Waals surface area (Å²) in [4.78, 5) is 23.1. The van der Waals surface area contributed by atoms with E-state index in [1.807, 2.05) is 11.0 Å². The molecule has 1 atom stereocenters. The van der Waals surface area contributed by atoms with E-state index in [1.165, 1.54) is 12.1 Å². The van der Waals surface area contributed by atoms with Crippen LogP contribution in [-0.2, 0) is 4.79 Å². The second kappa shape index (κ2) is 5.57. The predicted molar refractivity (Wildman–Crippen MR) is 70.4 cm³/mol. The Morgan fingerprint density at radius 2 is 2.35 bits per heavy atom. The van der Waals surface area contributed by atoms with Gasteiger partial charge in [-0.25, -0.2) is 0 Å². The van der Waals surface area contributed by atoms with E-state index < -0.39 is 10.9 Å². The lowest BCUT2D eigenvalue weighted by Gasteiger charge is -2.18. The van der Waals surface area contributed by atoms with Crippen molar-refractivity contribution < 1.29 is 14.8 Å². The number of carboxylic acids is 1. The van der Waals surface area contributed by atoms with Crippen molar-refractivity contribution >= 4 is 17.3 Å². The third kappa shape index (κ3) is 2.85. The van der Waals surface area contributed by atoms with Gasteiger partial charge in [-0.15, -0.1) is 0 Å². The Bertz CT molecular complexity index is 594. The van der Waals surface area contributed by atoms with E-state index in [-0.39, 0.29) is 23.6 Å². The van der Waals surface area contributed by atoms with Gasteiger partial charge in [0.05, 0.1) is 16.6 Å². The quantitative estimate of drug-likeness (QED) is 0.662. The van der Waals surface area contributed by atoms with E-state index in [9.17, 15) is 14.9 Å². The summed E-state index contributed by atoms with van der Waals surface area (Å²) < 4.78 is 0. The molecule has 0 saturated carbocycles. The number of nitrogens with zero attached hydrogens (tertiary/aromatic N) is 3. The van der Waals surface area contributed by atoms with Crippen molar-refractivity contribution in [2.75, 3.05) is 18.0 Å². The Morgan fingerprint density at radius 3 is 2.95 bits per heavy atom. The van der Waals surface area contributed by atoms with Crippen LogP contribution in [0.5, 0.6) is 0 Å². The Morgan fingerprint density at radius 1 is 1.60 bits per heavy atom. The molecule has 1 aromatic rings. The van der Waals surface area contributed by atoms with Crippen molar-refractivity contribution in [1.29, 1.82) is 5.26 Å². The first-order valence-electron chi connectivity index (χ1n) is 6.16. The third-order valence-corrected chi connectivity index (χ3v) is 3.39. The minimum Gasteiger partial charge on any atom is -0.481 e. The maximum atomic E-state index is 11.1. The lowest BCUT2D eigenvalue weighted by atomic mass is 10.1. The summed E-state index contributed by atoms with van der Waals surface area (Å²) in [6.45, 7) is 1.07. The fourth-order valence-electron chi connectivity index (χ4n) is 2.47. The number of aliphatic carboxylic acids is 1. The second-order valence-corrected chi connectivity index (χ2v) is 4.77. The first kappa shape index (κ1) is 13.8. The zero-order valence-corrected chi connectivity index (χ0v) is 10.7. The molecule has 1 aliphatic rings. The number of nitriles is 1. The van der Waals surface area contributed by atoms with Gasteiger partial charge >= 0.3 is 5.97 Å². The first-order chi connectivity index (χ1) is 9.51. The Balaban J connectivity index is 2.23.